The van der Waals surface area contributed by atoms with Crippen LogP contribution in [0.15, 0.2) is 28.9 Å². The van der Waals surface area contributed by atoms with E-state index in [0.29, 0.717) is 5.82 Å². The van der Waals surface area contributed by atoms with Gasteiger partial charge in [-0.3, -0.25) is 0 Å². The molecule has 3 aromatic rings. The summed E-state index contributed by atoms with van der Waals surface area (Å²) in [5.74, 6) is 2.19. The van der Waals surface area contributed by atoms with Crippen LogP contribution in [0, 0.1) is 13.8 Å². The molecule has 0 unspecified atom stereocenters. The summed E-state index contributed by atoms with van der Waals surface area (Å²) in [4.78, 5) is 11.7. The Bertz CT molecular complexity index is 917. The van der Waals surface area contributed by atoms with Gasteiger partial charge < -0.3 is 9.42 Å². The van der Waals surface area contributed by atoms with Crippen LogP contribution in [0.25, 0.3) is 17.2 Å². The normalized spacial score (nSPS) is 25.0. The van der Waals surface area contributed by atoms with Gasteiger partial charge in [0, 0.05) is 24.0 Å². The first-order valence-corrected chi connectivity index (χ1v) is 8.70. The summed E-state index contributed by atoms with van der Waals surface area (Å²) in [5.41, 5.74) is 2.98. The van der Waals surface area contributed by atoms with Crippen molar-refractivity contribution < 1.29 is 4.52 Å². The first-order valence-electron chi connectivity index (χ1n) is 8.70. The predicted octanol–water partition coefficient (Wildman–Crippen LogP) is 2.28. The Labute approximate surface area is 145 Å². The lowest BCUT2D eigenvalue weighted by Gasteiger charge is -2.19. The van der Waals surface area contributed by atoms with E-state index in [-0.39, 0.29) is 5.41 Å². The molecule has 0 spiro atoms. The van der Waals surface area contributed by atoms with Crippen LogP contribution < -0.4 is 0 Å². The van der Waals surface area contributed by atoms with Gasteiger partial charge in [0.15, 0.2) is 5.82 Å². The number of piperidine rings is 1. The highest BCUT2D eigenvalue weighted by Gasteiger charge is 2.48. The molecule has 0 N–H and O–H groups in total. The second-order valence-corrected chi connectivity index (χ2v) is 7.22. The number of pyridine rings is 1. The van der Waals surface area contributed by atoms with E-state index in [1.54, 1.807) is 6.20 Å². The van der Waals surface area contributed by atoms with Crippen LogP contribution in [0.4, 0.5) is 0 Å². The molecule has 0 aliphatic carbocycles. The maximum atomic E-state index is 5.63. The summed E-state index contributed by atoms with van der Waals surface area (Å²) in [7, 11) is 0. The van der Waals surface area contributed by atoms with Crippen LogP contribution in [0.2, 0.25) is 0 Å². The maximum absolute atomic E-state index is 5.63. The van der Waals surface area contributed by atoms with Crippen molar-refractivity contribution >= 4 is 0 Å². The zero-order valence-corrected chi connectivity index (χ0v) is 14.4. The molecule has 5 rings (SSSR count). The van der Waals surface area contributed by atoms with Gasteiger partial charge in [0.05, 0.1) is 11.1 Å². The number of nitrogens with zero attached hydrogens (tertiary/aromatic N) is 6. The van der Waals surface area contributed by atoms with Crippen LogP contribution in [-0.4, -0.2) is 49.4 Å². The fraction of sp³-hybridized carbons (Fsp3) is 0.444. The number of rotatable bonds is 3. The van der Waals surface area contributed by atoms with E-state index >= 15 is 0 Å². The molecule has 2 aliphatic rings. The van der Waals surface area contributed by atoms with Crippen molar-refractivity contribution in [3.8, 4) is 17.2 Å². The zero-order chi connectivity index (χ0) is 17.0. The van der Waals surface area contributed by atoms with Crippen LogP contribution in [0.1, 0.15) is 30.1 Å². The third-order valence-electron chi connectivity index (χ3n) is 5.45. The van der Waals surface area contributed by atoms with Crippen LogP contribution in [-0.2, 0) is 5.41 Å². The van der Waals surface area contributed by atoms with Gasteiger partial charge in [0.25, 0.3) is 0 Å². The molecule has 2 aliphatic heterocycles. The third-order valence-corrected chi connectivity index (χ3v) is 5.45. The molecule has 0 aromatic carbocycles. The summed E-state index contributed by atoms with van der Waals surface area (Å²) in [6, 6.07) is 5.95. The summed E-state index contributed by atoms with van der Waals surface area (Å²) >= 11 is 0. The summed E-state index contributed by atoms with van der Waals surface area (Å²) in [5, 5.41) is 8.66. The molecule has 3 aromatic heterocycles. The number of fused-ring (bicyclic) bond motifs is 2. The first kappa shape index (κ1) is 14.8. The Morgan fingerprint density at radius 2 is 2.00 bits per heavy atom. The van der Waals surface area contributed by atoms with E-state index in [1.807, 2.05) is 36.7 Å². The molecule has 0 radical (unpaired) electrons. The Balaban J connectivity index is 1.44. The highest BCUT2D eigenvalue weighted by molar-refractivity contribution is 5.54. The zero-order valence-electron chi connectivity index (χ0n) is 14.4. The number of aromatic nitrogens is 5. The Hall–Kier alpha value is -2.54. The molecule has 25 heavy (non-hydrogen) atoms. The highest BCUT2D eigenvalue weighted by atomic mass is 16.5. The van der Waals surface area contributed by atoms with Crippen molar-refractivity contribution in [3.05, 3.63) is 41.7 Å². The molecule has 0 amide bonds. The SMILES string of the molecule is Cc1cc(C)n(-c2ccc(-c3noc(C45CCN(CC4)C5)n3)cn2)n1. The standard InChI is InChI=1S/C18H20N6O/c1-12-9-13(2)24(21-12)15-4-3-14(10-19-15)16-20-17(25-22-16)18-5-7-23(11-18)8-6-18/h3-4,9-10H,5-8,11H2,1-2H3. The van der Waals surface area contributed by atoms with Crippen LogP contribution in [0.3, 0.4) is 0 Å². The van der Waals surface area contributed by atoms with Gasteiger partial charge in [0.1, 0.15) is 0 Å². The minimum absolute atomic E-state index is 0.0717. The van der Waals surface area contributed by atoms with Crippen LogP contribution >= 0.6 is 0 Å². The largest absolute Gasteiger partial charge is 0.338 e. The van der Waals surface area contributed by atoms with Gasteiger partial charge in [-0.15, -0.1) is 0 Å². The van der Waals surface area contributed by atoms with Crippen molar-refractivity contribution in [1.82, 2.24) is 29.8 Å². The average Bonchev–Trinajstić information content (AvgIpc) is 3.39. The Morgan fingerprint density at radius 3 is 2.60 bits per heavy atom. The minimum Gasteiger partial charge on any atom is -0.338 e. The lowest BCUT2D eigenvalue weighted by molar-refractivity contribution is 0.292. The predicted molar refractivity (Wildman–Crippen MR) is 91.5 cm³/mol. The quantitative estimate of drug-likeness (QED) is 0.731. The van der Waals surface area contributed by atoms with E-state index in [1.165, 1.54) is 0 Å². The van der Waals surface area contributed by atoms with Gasteiger partial charge in [-0.25, -0.2) is 9.67 Å². The van der Waals surface area contributed by atoms with E-state index in [9.17, 15) is 0 Å². The van der Waals surface area contributed by atoms with E-state index < -0.39 is 0 Å². The van der Waals surface area contributed by atoms with Gasteiger partial charge in [0.2, 0.25) is 11.7 Å². The second-order valence-electron chi connectivity index (χ2n) is 7.22. The molecule has 2 bridgehead atoms. The van der Waals surface area contributed by atoms with Crippen molar-refractivity contribution in [3.63, 3.8) is 0 Å². The van der Waals surface area contributed by atoms with Crippen LogP contribution in [0.5, 0.6) is 0 Å². The van der Waals surface area contributed by atoms with Gasteiger partial charge in [-0.2, -0.15) is 10.1 Å². The lowest BCUT2D eigenvalue weighted by Crippen LogP contribution is -2.24. The summed E-state index contributed by atoms with van der Waals surface area (Å²) in [6.45, 7) is 7.31. The summed E-state index contributed by atoms with van der Waals surface area (Å²) in [6.07, 6.45) is 4.02. The molecular formula is C18H20N6O. The fourth-order valence-corrected chi connectivity index (χ4v) is 4.07. The molecule has 128 valence electrons. The molecule has 7 nitrogen and oxygen atoms in total. The topological polar surface area (TPSA) is 72.9 Å². The van der Waals surface area contributed by atoms with Gasteiger partial charge >= 0.3 is 0 Å². The number of hydrogen-bond acceptors (Lipinski definition) is 6. The maximum Gasteiger partial charge on any atom is 0.234 e. The molecule has 7 heteroatoms. The highest BCUT2D eigenvalue weighted by Crippen LogP contribution is 2.42. The fourth-order valence-electron chi connectivity index (χ4n) is 4.07. The van der Waals surface area contributed by atoms with E-state index in [4.69, 9.17) is 4.52 Å². The average molecular weight is 336 g/mol. The third kappa shape index (κ3) is 2.30. The van der Waals surface area contributed by atoms with E-state index in [0.717, 1.165) is 61.1 Å². The molecule has 0 saturated carbocycles. The lowest BCUT2D eigenvalue weighted by atomic mass is 9.84. The number of aryl methyl sites for hydroxylation is 2. The van der Waals surface area contributed by atoms with Crippen molar-refractivity contribution in [2.24, 2.45) is 0 Å². The van der Waals surface area contributed by atoms with Gasteiger partial charge in [-0.1, -0.05) is 5.16 Å². The minimum atomic E-state index is 0.0717. The molecule has 2 saturated heterocycles. The Morgan fingerprint density at radius 1 is 1.16 bits per heavy atom. The Kier molecular flexibility index (Phi) is 3.09. The summed E-state index contributed by atoms with van der Waals surface area (Å²) < 4.78 is 7.47. The first-order chi connectivity index (χ1) is 12.1. The van der Waals surface area contributed by atoms with Gasteiger partial charge in [-0.05, 0) is 58.0 Å². The molecular weight excluding hydrogens is 316 g/mol. The number of hydrogen-bond donors (Lipinski definition) is 0. The van der Waals surface area contributed by atoms with Crippen molar-refractivity contribution in [2.75, 3.05) is 19.6 Å². The molecule has 0 atom stereocenters. The monoisotopic (exact) mass is 336 g/mol. The van der Waals surface area contributed by atoms with Crippen molar-refractivity contribution in [1.29, 1.82) is 0 Å². The van der Waals surface area contributed by atoms with E-state index in [2.05, 4.69) is 25.1 Å². The molecule has 5 heterocycles. The second kappa shape index (κ2) is 5.23. The molecule has 2 fully saturated rings. The smallest absolute Gasteiger partial charge is 0.234 e. The van der Waals surface area contributed by atoms with Crippen molar-refractivity contribution in [2.45, 2.75) is 32.1 Å².